The van der Waals surface area contributed by atoms with Crippen molar-refractivity contribution in [2.45, 2.75) is 0 Å². The van der Waals surface area contributed by atoms with Gasteiger partial charge in [-0.25, -0.2) is 0 Å². The summed E-state index contributed by atoms with van der Waals surface area (Å²) in [7, 11) is 3.78. The van der Waals surface area contributed by atoms with Gasteiger partial charge in [-0.15, -0.1) is 0 Å². The number of rotatable bonds is 0. The Hall–Kier alpha value is -2.05. The van der Waals surface area contributed by atoms with Gasteiger partial charge in [0.25, 0.3) is 0 Å². The van der Waals surface area contributed by atoms with Crippen LogP contribution in [0.5, 0.6) is 0 Å². The van der Waals surface area contributed by atoms with Crippen LogP contribution < -0.4 is 26.9 Å². The van der Waals surface area contributed by atoms with Crippen LogP contribution in [0.4, 0.5) is 23.0 Å². The van der Waals surface area contributed by atoms with Crippen LogP contribution in [-0.4, -0.2) is 30.7 Å². The summed E-state index contributed by atoms with van der Waals surface area (Å²) in [5, 5.41) is 7.40. The normalized spacial score (nSPS) is 14.3. The molecule has 1 aromatic heterocycles. The van der Waals surface area contributed by atoms with Crippen LogP contribution in [0.3, 0.4) is 0 Å². The van der Waals surface area contributed by atoms with E-state index in [1.165, 1.54) is 0 Å². The first-order valence-corrected chi connectivity index (χ1v) is 4.45. The fraction of sp³-hybridized carbons (Fsp3) is 0.375. The van der Waals surface area contributed by atoms with Gasteiger partial charge in [-0.2, -0.15) is 9.97 Å². The SMILES string of the molecule is CN1CN(C)c2c(N)nc(=N)nc(N)c21. The second-order valence-corrected chi connectivity index (χ2v) is 3.55. The molecule has 1 aliphatic heterocycles. The van der Waals surface area contributed by atoms with Gasteiger partial charge in [0.1, 0.15) is 11.4 Å². The molecule has 7 nitrogen and oxygen atoms in total. The summed E-state index contributed by atoms with van der Waals surface area (Å²) in [5.74, 6) is 0.567. The highest BCUT2D eigenvalue weighted by molar-refractivity contribution is 5.89. The highest BCUT2D eigenvalue weighted by Crippen LogP contribution is 2.39. The molecule has 0 radical (unpaired) electrons. The highest BCUT2D eigenvalue weighted by atomic mass is 15.4. The third-order valence-electron chi connectivity index (χ3n) is 2.35. The Labute approximate surface area is 86.9 Å². The van der Waals surface area contributed by atoms with Crippen LogP contribution in [0.1, 0.15) is 0 Å². The van der Waals surface area contributed by atoms with Gasteiger partial charge >= 0.3 is 0 Å². The Morgan fingerprint density at radius 1 is 1.07 bits per heavy atom. The number of nitrogens with two attached hydrogens (primary N) is 2. The predicted octanol–water partition coefficient (Wildman–Crippen LogP) is -1.04. The Balaban J connectivity index is 2.85. The van der Waals surface area contributed by atoms with Crippen molar-refractivity contribution in [3.8, 4) is 0 Å². The van der Waals surface area contributed by atoms with Crippen molar-refractivity contribution in [3.05, 3.63) is 5.62 Å². The summed E-state index contributed by atoms with van der Waals surface area (Å²) in [6, 6.07) is 0. The number of fused-ring (bicyclic) bond motifs is 1. The van der Waals surface area contributed by atoms with Crippen LogP contribution >= 0.6 is 0 Å². The number of nitrogen functional groups attached to an aromatic ring is 2. The molecular formula is C8H13N7. The van der Waals surface area contributed by atoms with Gasteiger partial charge in [0.2, 0.25) is 5.62 Å². The van der Waals surface area contributed by atoms with Gasteiger partial charge in [0.15, 0.2) is 11.6 Å². The van der Waals surface area contributed by atoms with E-state index >= 15 is 0 Å². The monoisotopic (exact) mass is 207 g/mol. The van der Waals surface area contributed by atoms with E-state index in [2.05, 4.69) is 9.97 Å². The number of hydrogen-bond acceptors (Lipinski definition) is 7. The maximum atomic E-state index is 7.40. The second kappa shape index (κ2) is 2.97. The quantitative estimate of drug-likeness (QED) is 0.501. The first-order valence-electron chi connectivity index (χ1n) is 4.45. The number of nitrogens with one attached hydrogen (secondary N) is 1. The molecule has 2 heterocycles. The Morgan fingerprint density at radius 2 is 1.47 bits per heavy atom. The van der Waals surface area contributed by atoms with Gasteiger partial charge in [-0.3, -0.25) is 5.41 Å². The fourth-order valence-corrected chi connectivity index (χ4v) is 1.81. The van der Waals surface area contributed by atoms with Gasteiger partial charge in [-0.05, 0) is 0 Å². The smallest absolute Gasteiger partial charge is 0.245 e. The van der Waals surface area contributed by atoms with Crippen molar-refractivity contribution in [2.75, 3.05) is 42.0 Å². The molecular weight excluding hydrogens is 194 g/mol. The fourth-order valence-electron chi connectivity index (χ4n) is 1.81. The Kier molecular flexibility index (Phi) is 1.88. The topological polar surface area (TPSA) is 108 Å². The lowest BCUT2D eigenvalue weighted by atomic mass is 10.3. The minimum atomic E-state index is -0.166. The summed E-state index contributed by atoms with van der Waals surface area (Å²) < 4.78 is 0. The number of anilines is 4. The first kappa shape index (κ1) is 9.50. The number of hydrogen-bond donors (Lipinski definition) is 3. The van der Waals surface area contributed by atoms with E-state index in [0.717, 1.165) is 11.4 Å². The van der Waals surface area contributed by atoms with Gasteiger partial charge in [-0.1, -0.05) is 0 Å². The van der Waals surface area contributed by atoms with Crippen molar-refractivity contribution >= 4 is 23.0 Å². The Morgan fingerprint density at radius 3 is 1.87 bits per heavy atom. The van der Waals surface area contributed by atoms with Crippen LogP contribution in [0.15, 0.2) is 0 Å². The minimum Gasteiger partial charge on any atom is -0.382 e. The summed E-state index contributed by atoms with van der Waals surface area (Å²) >= 11 is 0. The van der Waals surface area contributed by atoms with Crippen molar-refractivity contribution < 1.29 is 0 Å². The second-order valence-electron chi connectivity index (χ2n) is 3.55. The minimum absolute atomic E-state index is 0.166. The van der Waals surface area contributed by atoms with Crippen molar-refractivity contribution in [3.63, 3.8) is 0 Å². The first-order chi connectivity index (χ1) is 7.00. The van der Waals surface area contributed by atoms with Crippen LogP contribution in [0.2, 0.25) is 0 Å². The molecule has 1 aliphatic rings. The van der Waals surface area contributed by atoms with E-state index in [9.17, 15) is 0 Å². The molecule has 0 bridgehead atoms. The summed E-state index contributed by atoms with van der Waals surface area (Å²) in [5.41, 5.74) is 12.9. The molecule has 0 unspecified atom stereocenters. The third-order valence-corrected chi connectivity index (χ3v) is 2.35. The molecule has 0 saturated carbocycles. The zero-order chi connectivity index (χ0) is 11.2. The van der Waals surface area contributed by atoms with E-state index in [1.54, 1.807) is 0 Å². The molecule has 5 N–H and O–H groups in total. The molecule has 7 heteroatoms. The average Bonchev–Trinajstić information content (AvgIpc) is 2.33. The number of aromatic nitrogens is 2. The van der Waals surface area contributed by atoms with E-state index in [0.29, 0.717) is 6.67 Å². The molecule has 0 amide bonds. The van der Waals surface area contributed by atoms with E-state index in [-0.39, 0.29) is 17.3 Å². The van der Waals surface area contributed by atoms with Crippen molar-refractivity contribution in [1.29, 1.82) is 5.41 Å². The lowest BCUT2D eigenvalue weighted by Crippen LogP contribution is -2.25. The molecule has 0 spiro atoms. The van der Waals surface area contributed by atoms with Gasteiger partial charge in [0, 0.05) is 14.1 Å². The summed E-state index contributed by atoms with van der Waals surface area (Å²) in [6.07, 6.45) is 0. The molecule has 0 aliphatic carbocycles. The highest BCUT2D eigenvalue weighted by Gasteiger charge is 2.25. The largest absolute Gasteiger partial charge is 0.382 e. The Bertz CT molecular complexity index is 430. The van der Waals surface area contributed by atoms with Crippen molar-refractivity contribution in [1.82, 2.24) is 9.97 Å². The molecule has 80 valence electrons. The summed E-state index contributed by atoms with van der Waals surface area (Å²) in [4.78, 5) is 11.5. The standard InChI is InChI=1S/C8H13N7/c1-14-3-15(2)5-4(14)6(9)12-8(11)13-7(5)10/h3H2,1-2H3,(H5,9,10,11,12,13). The zero-order valence-electron chi connectivity index (χ0n) is 8.65. The van der Waals surface area contributed by atoms with Crippen LogP contribution in [0.25, 0.3) is 0 Å². The van der Waals surface area contributed by atoms with E-state index in [1.807, 2.05) is 23.9 Å². The molecule has 15 heavy (non-hydrogen) atoms. The lowest BCUT2D eigenvalue weighted by Gasteiger charge is -2.12. The maximum absolute atomic E-state index is 7.40. The van der Waals surface area contributed by atoms with E-state index in [4.69, 9.17) is 16.9 Å². The molecule has 0 atom stereocenters. The van der Waals surface area contributed by atoms with Gasteiger partial charge in [0.05, 0.1) is 6.67 Å². The molecule has 2 rings (SSSR count). The average molecular weight is 207 g/mol. The molecule has 1 aromatic rings. The van der Waals surface area contributed by atoms with Gasteiger partial charge < -0.3 is 21.3 Å². The number of nitrogens with zero attached hydrogens (tertiary/aromatic N) is 4. The zero-order valence-corrected chi connectivity index (χ0v) is 8.65. The maximum Gasteiger partial charge on any atom is 0.245 e. The predicted molar refractivity (Wildman–Crippen MR) is 58.4 cm³/mol. The van der Waals surface area contributed by atoms with Crippen molar-refractivity contribution in [2.24, 2.45) is 0 Å². The molecule has 0 saturated heterocycles. The summed E-state index contributed by atoms with van der Waals surface area (Å²) in [6.45, 7) is 0.685. The molecule has 0 aromatic carbocycles. The van der Waals surface area contributed by atoms with Crippen LogP contribution in [-0.2, 0) is 0 Å². The lowest BCUT2D eigenvalue weighted by molar-refractivity contribution is 0.907. The molecule has 0 fully saturated rings. The third kappa shape index (κ3) is 1.32. The van der Waals surface area contributed by atoms with Crippen LogP contribution in [0, 0.1) is 5.41 Å². The van der Waals surface area contributed by atoms with E-state index < -0.39 is 0 Å².